The first-order valence-corrected chi connectivity index (χ1v) is 8.79. The number of halogens is 1. The zero-order chi connectivity index (χ0) is 14.8. The van der Waals surface area contributed by atoms with Gasteiger partial charge in [-0.15, -0.1) is 0 Å². The average Bonchev–Trinajstić information content (AvgIpc) is 2.43. The van der Waals surface area contributed by atoms with Crippen LogP contribution in [0.1, 0.15) is 31.2 Å². The van der Waals surface area contributed by atoms with Crippen LogP contribution in [-0.2, 0) is 4.79 Å². The molecule has 0 aliphatic carbocycles. The van der Waals surface area contributed by atoms with Gasteiger partial charge >= 0.3 is 0 Å². The van der Waals surface area contributed by atoms with Gasteiger partial charge < -0.3 is 10.4 Å². The molecule has 1 aromatic rings. The largest absolute Gasteiger partial charge is 0.396 e. The number of nitrogens with one attached hydrogen (secondary N) is 1. The van der Waals surface area contributed by atoms with E-state index in [4.69, 9.17) is 5.11 Å². The van der Waals surface area contributed by atoms with E-state index in [1.54, 1.807) is 11.8 Å². The van der Waals surface area contributed by atoms with Gasteiger partial charge in [0.25, 0.3) is 0 Å². The number of aliphatic hydroxyl groups is 1. The number of hydrogen-bond acceptors (Lipinski definition) is 3. The van der Waals surface area contributed by atoms with Crippen molar-refractivity contribution in [1.29, 1.82) is 0 Å². The Hall–Kier alpha value is -0.520. The molecular formula is C15H22BrNO2S. The van der Waals surface area contributed by atoms with Gasteiger partial charge in [0.1, 0.15) is 0 Å². The fraction of sp³-hybridized carbons (Fsp3) is 0.533. The molecule has 0 aromatic heterocycles. The van der Waals surface area contributed by atoms with Crippen LogP contribution in [0.3, 0.4) is 0 Å². The molecule has 5 heteroatoms. The minimum absolute atomic E-state index is 0.100. The molecular weight excluding hydrogens is 338 g/mol. The molecule has 0 heterocycles. The third-order valence-corrected chi connectivity index (χ3v) is 4.54. The lowest BCUT2D eigenvalue weighted by molar-refractivity contribution is -0.121. The predicted molar refractivity (Wildman–Crippen MR) is 89.2 cm³/mol. The highest BCUT2D eigenvalue weighted by Gasteiger charge is 2.10. The van der Waals surface area contributed by atoms with Crippen molar-refractivity contribution in [3.63, 3.8) is 0 Å². The standard InChI is InChI=1S/C15H22BrNO2S/c1-12(13-3-5-14(16)6-4-13)11-15(19)17-7-10-20-9-2-8-18/h3-6,12,18H,2,7-11H2,1H3,(H,17,19). The van der Waals surface area contributed by atoms with Crippen LogP contribution in [-0.4, -0.2) is 35.7 Å². The molecule has 1 aromatic carbocycles. The number of aliphatic hydroxyl groups excluding tert-OH is 1. The molecule has 3 nitrogen and oxygen atoms in total. The maximum atomic E-state index is 11.8. The summed E-state index contributed by atoms with van der Waals surface area (Å²) in [5.41, 5.74) is 1.18. The van der Waals surface area contributed by atoms with Crippen LogP contribution >= 0.6 is 27.7 Å². The van der Waals surface area contributed by atoms with Crippen LogP contribution in [0.4, 0.5) is 0 Å². The molecule has 0 saturated carbocycles. The van der Waals surface area contributed by atoms with Crippen molar-refractivity contribution >= 4 is 33.6 Å². The van der Waals surface area contributed by atoms with Crippen molar-refractivity contribution in [3.8, 4) is 0 Å². The van der Waals surface area contributed by atoms with Crippen molar-refractivity contribution in [2.24, 2.45) is 0 Å². The Bertz CT molecular complexity index is 397. The third kappa shape index (κ3) is 7.31. The summed E-state index contributed by atoms with van der Waals surface area (Å²) in [6.45, 7) is 3.00. The highest BCUT2D eigenvalue weighted by molar-refractivity contribution is 9.10. The second kappa shape index (κ2) is 10.2. The summed E-state index contributed by atoms with van der Waals surface area (Å²) < 4.78 is 1.05. The molecule has 0 radical (unpaired) electrons. The lowest BCUT2D eigenvalue weighted by Gasteiger charge is -2.12. The Morgan fingerprint density at radius 1 is 1.35 bits per heavy atom. The van der Waals surface area contributed by atoms with E-state index < -0.39 is 0 Å². The summed E-state index contributed by atoms with van der Waals surface area (Å²) in [5, 5.41) is 11.6. The second-order valence-electron chi connectivity index (χ2n) is 4.70. The number of carbonyl (C=O) groups is 1. The molecule has 1 amide bonds. The number of amides is 1. The summed E-state index contributed by atoms with van der Waals surface area (Å²) in [6, 6.07) is 8.10. The maximum Gasteiger partial charge on any atom is 0.220 e. The molecule has 112 valence electrons. The highest BCUT2D eigenvalue weighted by Crippen LogP contribution is 2.21. The number of rotatable bonds is 9. The zero-order valence-corrected chi connectivity index (χ0v) is 14.2. The van der Waals surface area contributed by atoms with E-state index in [1.807, 2.05) is 24.3 Å². The predicted octanol–water partition coefficient (Wildman–Crippen LogP) is 3.17. The first-order chi connectivity index (χ1) is 9.63. The van der Waals surface area contributed by atoms with Crippen LogP contribution in [0.25, 0.3) is 0 Å². The van der Waals surface area contributed by atoms with Crippen molar-refractivity contribution < 1.29 is 9.90 Å². The highest BCUT2D eigenvalue weighted by atomic mass is 79.9. The maximum absolute atomic E-state index is 11.8. The SMILES string of the molecule is CC(CC(=O)NCCSCCCO)c1ccc(Br)cc1. The molecule has 1 unspecified atom stereocenters. The summed E-state index contributed by atoms with van der Waals surface area (Å²) >= 11 is 5.16. The van der Waals surface area contributed by atoms with E-state index >= 15 is 0 Å². The summed E-state index contributed by atoms with van der Waals surface area (Å²) in [4.78, 5) is 11.8. The number of hydrogen-bond donors (Lipinski definition) is 2. The minimum Gasteiger partial charge on any atom is -0.396 e. The van der Waals surface area contributed by atoms with Gasteiger partial charge in [0, 0.05) is 29.8 Å². The van der Waals surface area contributed by atoms with Crippen LogP contribution in [0.15, 0.2) is 28.7 Å². The lowest BCUT2D eigenvalue weighted by atomic mass is 9.98. The van der Waals surface area contributed by atoms with Crippen LogP contribution in [0, 0.1) is 0 Å². The van der Waals surface area contributed by atoms with Crippen LogP contribution in [0.2, 0.25) is 0 Å². The minimum atomic E-state index is 0.100. The van der Waals surface area contributed by atoms with Crippen LogP contribution in [0.5, 0.6) is 0 Å². The van der Waals surface area contributed by atoms with Gasteiger partial charge in [0.05, 0.1) is 0 Å². The van der Waals surface area contributed by atoms with E-state index in [2.05, 4.69) is 28.2 Å². The molecule has 1 rings (SSSR count). The van der Waals surface area contributed by atoms with E-state index in [9.17, 15) is 4.79 Å². The smallest absolute Gasteiger partial charge is 0.220 e. The number of carbonyl (C=O) groups excluding carboxylic acids is 1. The quantitative estimate of drug-likeness (QED) is 0.665. The van der Waals surface area contributed by atoms with Crippen LogP contribution < -0.4 is 5.32 Å². The van der Waals surface area contributed by atoms with E-state index in [-0.39, 0.29) is 18.4 Å². The van der Waals surface area contributed by atoms with Crippen molar-refractivity contribution in [3.05, 3.63) is 34.3 Å². The molecule has 20 heavy (non-hydrogen) atoms. The van der Waals surface area contributed by atoms with Crippen molar-refractivity contribution in [2.75, 3.05) is 24.7 Å². The Morgan fingerprint density at radius 3 is 2.70 bits per heavy atom. The fourth-order valence-corrected chi connectivity index (χ4v) is 2.84. The van der Waals surface area contributed by atoms with Gasteiger partial charge in [0.15, 0.2) is 0 Å². The second-order valence-corrected chi connectivity index (χ2v) is 6.84. The van der Waals surface area contributed by atoms with Crippen molar-refractivity contribution in [2.45, 2.75) is 25.7 Å². The topological polar surface area (TPSA) is 49.3 Å². The van der Waals surface area contributed by atoms with E-state index in [1.165, 1.54) is 5.56 Å². The summed E-state index contributed by atoms with van der Waals surface area (Å²) in [7, 11) is 0. The normalized spacial score (nSPS) is 12.2. The molecule has 0 saturated heterocycles. The van der Waals surface area contributed by atoms with Gasteiger partial charge in [-0.1, -0.05) is 35.0 Å². The first-order valence-electron chi connectivity index (χ1n) is 6.84. The Balaban J connectivity index is 2.19. The number of thioether (sulfide) groups is 1. The van der Waals surface area contributed by atoms with Gasteiger partial charge in [-0.2, -0.15) is 11.8 Å². The zero-order valence-electron chi connectivity index (χ0n) is 11.8. The average molecular weight is 360 g/mol. The van der Waals surface area contributed by atoms with Crippen molar-refractivity contribution in [1.82, 2.24) is 5.32 Å². The van der Waals surface area contributed by atoms with E-state index in [0.717, 1.165) is 22.4 Å². The molecule has 0 aliphatic rings. The fourth-order valence-electron chi connectivity index (χ4n) is 1.79. The molecule has 0 bridgehead atoms. The molecule has 2 N–H and O–H groups in total. The monoisotopic (exact) mass is 359 g/mol. The third-order valence-electron chi connectivity index (χ3n) is 2.95. The Labute approximate surface area is 133 Å². The summed E-state index contributed by atoms with van der Waals surface area (Å²) in [6.07, 6.45) is 1.34. The molecule has 0 spiro atoms. The molecule has 1 atom stereocenters. The van der Waals surface area contributed by atoms with Gasteiger partial charge in [-0.25, -0.2) is 0 Å². The number of benzene rings is 1. The molecule has 0 aliphatic heterocycles. The Morgan fingerprint density at radius 2 is 2.05 bits per heavy atom. The Kier molecular flexibility index (Phi) is 8.98. The van der Waals surface area contributed by atoms with Gasteiger partial charge in [-0.05, 0) is 35.8 Å². The molecule has 0 fully saturated rings. The lowest BCUT2D eigenvalue weighted by Crippen LogP contribution is -2.26. The van der Waals surface area contributed by atoms with Gasteiger partial charge in [-0.3, -0.25) is 4.79 Å². The van der Waals surface area contributed by atoms with E-state index in [0.29, 0.717) is 13.0 Å². The van der Waals surface area contributed by atoms with Gasteiger partial charge in [0.2, 0.25) is 5.91 Å². The summed E-state index contributed by atoms with van der Waals surface area (Å²) in [5.74, 6) is 2.17. The first kappa shape index (κ1) is 17.5.